The lowest BCUT2D eigenvalue weighted by molar-refractivity contribution is 0.258. The van der Waals surface area contributed by atoms with Crippen molar-refractivity contribution in [2.45, 2.75) is 20.3 Å². The maximum Gasteiger partial charge on any atom is 0.232 e. The normalized spacial score (nSPS) is 13.3. The lowest BCUT2D eigenvalue weighted by atomic mass is 10.1. The topological polar surface area (TPSA) is 43.4 Å². The molecule has 0 aliphatic rings. The van der Waals surface area contributed by atoms with Crippen molar-refractivity contribution in [2.75, 3.05) is 12.4 Å². The number of hydrogen-bond acceptors (Lipinski definition) is 3. The van der Waals surface area contributed by atoms with E-state index in [1.807, 2.05) is 19.9 Å². The van der Waals surface area contributed by atoms with Gasteiger partial charge in [0.05, 0.1) is 17.4 Å². The van der Waals surface area contributed by atoms with Gasteiger partial charge in [0.1, 0.15) is 5.75 Å². The Kier molecular flexibility index (Phi) is 5.76. The van der Waals surface area contributed by atoms with Crippen LogP contribution in [0.2, 0.25) is 5.02 Å². The maximum absolute atomic E-state index is 11.0. The molecule has 1 aromatic carbocycles. The zero-order chi connectivity index (χ0) is 13.8. The molecular weight excluding hydrogens is 295 g/mol. The Balaban J connectivity index is 2.62. The molecule has 6 heteroatoms. The molecule has 0 spiro atoms. The van der Waals surface area contributed by atoms with Gasteiger partial charge in [-0.3, -0.25) is 0 Å². The van der Waals surface area contributed by atoms with E-state index in [4.69, 9.17) is 27.0 Å². The standard InChI is InChI=1S/C12H16Cl2O3S/c1-3-10(8-18(14,15)16)7-17-12-5-4-9(2)6-11(12)13/h4-6,10H,3,7-8H2,1-2H3. The van der Waals surface area contributed by atoms with Gasteiger partial charge in [0, 0.05) is 16.6 Å². The van der Waals surface area contributed by atoms with Gasteiger partial charge in [-0.25, -0.2) is 8.42 Å². The SMILES string of the molecule is CCC(COc1ccc(C)cc1Cl)CS(=O)(=O)Cl. The van der Waals surface area contributed by atoms with Crippen LogP contribution in [-0.4, -0.2) is 20.8 Å². The molecule has 1 unspecified atom stereocenters. The minimum absolute atomic E-state index is 0.0888. The summed E-state index contributed by atoms with van der Waals surface area (Å²) in [7, 11) is 1.73. The van der Waals surface area contributed by atoms with Crippen molar-refractivity contribution in [1.29, 1.82) is 0 Å². The molecule has 1 atom stereocenters. The fourth-order valence-corrected chi connectivity index (χ4v) is 3.22. The van der Waals surface area contributed by atoms with Crippen molar-refractivity contribution in [3.8, 4) is 5.75 Å². The largest absolute Gasteiger partial charge is 0.492 e. The summed E-state index contributed by atoms with van der Waals surface area (Å²) < 4.78 is 27.6. The van der Waals surface area contributed by atoms with E-state index in [0.29, 0.717) is 17.2 Å². The van der Waals surface area contributed by atoms with Crippen molar-refractivity contribution in [1.82, 2.24) is 0 Å². The number of halogens is 2. The molecule has 0 aliphatic heterocycles. The van der Waals surface area contributed by atoms with Gasteiger partial charge in [0.15, 0.2) is 0 Å². The van der Waals surface area contributed by atoms with E-state index in [-0.39, 0.29) is 18.3 Å². The molecular formula is C12H16Cl2O3S. The van der Waals surface area contributed by atoms with E-state index in [1.165, 1.54) is 0 Å². The number of hydrogen-bond donors (Lipinski definition) is 0. The van der Waals surface area contributed by atoms with Gasteiger partial charge in [-0.05, 0) is 31.0 Å². The molecule has 3 nitrogen and oxygen atoms in total. The Morgan fingerprint density at radius 2 is 2.06 bits per heavy atom. The van der Waals surface area contributed by atoms with Crippen molar-refractivity contribution in [3.63, 3.8) is 0 Å². The summed E-state index contributed by atoms with van der Waals surface area (Å²) in [4.78, 5) is 0. The Hall–Kier alpha value is -0.450. The molecule has 1 aromatic rings. The molecule has 0 aliphatic carbocycles. The highest BCUT2D eigenvalue weighted by Gasteiger charge is 2.16. The van der Waals surface area contributed by atoms with Crippen LogP contribution in [0.3, 0.4) is 0 Å². The average molecular weight is 311 g/mol. The Labute approximate surface area is 117 Å². The first-order valence-corrected chi connectivity index (χ1v) is 8.48. The summed E-state index contributed by atoms with van der Waals surface area (Å²) in [5.41, 5.74) is 1.04. The van der Waals surface area contributed by atoms with Crippen LogP contribution in [0.5, 0.6) is 5.75 Å². The molecule has 102 valence electrons. The monoisotopic (exact) mass is 310 g/mol. The number of aryl methyl sites for hydroxylation is 1. The van der Waals surface area contributed by atoms with Crippen LogP contribution in [0, 0.1) is 12.8 Å². The molecule has 0 fully saturated rings. The first kappa shape index (κ1) is 15.6. The minimum atomic E-state index is -3.50. The van der Waals surface area contributed by atoms with E-state index in [0.717, 1.165) is 5.56 Å². The van der Waals surface area contributed by atoms with Crippen LogP contribution in [-0.2, 0) is 9.05 Å². The lowest BCUT2D eigenvalue weighted by Gasteiger charge is -2.15. The van der Waals surface area contributed by atoms with Crippen molar-refractivity contribution >= 4 is 31.3 Å². The van der Waals surface area contributed by atoms with E-state index < -0.39 is 9.05 Å². The quantitative estimate of drug-likeness (QED) is 0.754. The van der Waals surface area contributed by atoms with E-state index in [9.17, 15) is 8.42 Å². The Morgan fingerprint density at radius 3 is 2.56 bits per heavy atom. The van der Waals surface area contributed by atoms with Gasteiger partial charge >= 0.3 is 0 Å². The van der Waals surface area contributed by atoms with Crippen LogP contribution < -0.4 is 4.74 Å². The molecule has 18 heavy (non-hydrogen) atoms. The van der Waals surface area contributed by atoms with Gasteiger partial charge in [-0.15, -0.1) is 0 Å². The molecule has 0 aromatic heterocycles. The summed E-state index contributed by atoms with van der Waals surface area (Å²) in [5, 5.41) is 0.526. The molecule has 0 bridgehead atoms. The fraction of sp³-hybridized carbons (Fsp3) is 0.500. The van der Waals surface area contributed by atoms with Gasteiger partial charge in [0.2, 0.25) is 9.05 Å². The number of rotatable bonds is 6. The zero-order valence-corrected chi connectivity index (χ0v) is 12.6. The van der Waals surface area contributed by atoms with Crippen LogP contribution in [0.25, 0.3) is 0 Å². The number of benzene rings is 1. The zero-order valence-electron chi connectivity index (χ0n) is 10.3. The average Bonchev–Trinajstić information content (AvgIpc) is 2.24. The number of ether oxygens (including phenoxy) is 1. The summed E-state index contributed by atoms with van der Waals surface area (Å²) in [6.45, 7) is 4.11. The summed E-state index contributed by atoms with van der Waals surface area (Å²) >= 11 is 6.02. The lowest BCUT2D eigenvalue weighted by Crippen LogP contribution is -2.19. The molecule has 0 N–H and O–H groups in total. The van der Waals surface area contributed by atoms with Crippen LogP contribution in [0.15, 0.2) is 18.2 Å². The second-order valence-corrected chi connectivity index (χ2v) is 7.45. The third-order valence-electron chi connectivity index (χ3n) is 2.57. The molecule has 0 heterocycles. The molecule has 0 saturated heterocycles. The van der Waals surface area contributed by atoms with Crippen LogP contribution in [0.1, 0.15) is 18.9 Å². The van der Waals surface area contributed by atoms with Crippen LogP contribution in [0.4, 0.5) is 0 Å². The first-order valence-electron chi connectivity index (χ1n) is 5.63. The van der Waals surface area contributed by atoms with Gasteiger partial charge in [0.25, 0.3) is 0 Å². The highest BCUT2D eigenvalue weighted by molar-refractivity contribution is 8.13. The third kappa shape index (κ3) is 5.46. The summed E-state index contributed by atoms with van der Waals surface area (Å²) in [6.07, 6.45) is 0.676. The predicted molar refractivity (Wildman–Crippen MR) is 75.1 cm³/mol. The summed E-state index contributed by atoms with van der Waals surface area (Å²) in [5.74, 6) is 0.340. The van der Waals surface area contributed by atoms with Gasteiger partial charge in [-0.1, -0.05) is 24.6 Å². The summed E-state index contributed by atoms with van der Waals surface area (Å²) in [6, 6.07) is 5.47. The third-order valence-corrected chi connectivity index (χ3v) is 4.12. The molecule has 0 amide bonds. The molecule has 0 radical (unpaired) electrons. The highest BCUT2D eigenvalue weighted by atomic mass is 35.7. The Bertz CT molecular complexity index is 500. The highest BCUT2D eigenvalue weighted by Crippen LogP contribution is 2.26. The smallest absolute Gasteiger partial charge is 0.232 e. The Morgan fingerprint density at radius 1 is 1.39 bits per heavy atom. The molecule has 1 rings (SSSR count). The van der Waals surface area contributed by atoms with Gasteiger partial charge < -0.3 is 4.74 Å². The van der Waals surface area contributed by atoms with E-state index in [1.54, 1.807) is 12.1 Å². The van der Waals surface area contributed by atoms with Crippen LogP contribution >= 0.6 is 22.3 Å². The fourth-order valence-electron chi connectivity index (χ4n) is 1.50. The van der Waals surface area contributed by atoms with Crippen molar-refractivity contribution in [3.05, 3.63) is 28.8 Å². The second kappa shape index (κ2) is 6.64. The van der Waals surface area contributed by atoms with Crippen molar-refractivity contribution < 1.29 is 13.2 Å². The van der Waals surface area contributed by atoms with E-state index >= 15 is 0 Å². The minimum Gasteiger partial charge on any atom is -0.492 e. The maximum atomic E-state index is 11.0. The second-order valence-electron chi connectivity index (χ2n) is 4.22. The van der Waals surface area contributed by atoms with Crippen molar-refractivity contribution in [2.24, 2.45) is 5.92 Å². The van der Waals surface area contributed by atoms with Gasteiger partial charge in [-0.2, -0.15) is 0 Å². The van der Waals surface area contributed by atoms with E-state index in [2.05, 4.69) is 0 Å². The molecule has 0 saturated carbocycles. The first-order chi connectivity index (χ1) is 8.31. The predicted octanol–water partition coefficient (Wildman–Crippen LogP) is 3.62.